The van der Waals surface area contributed by atoms with Crippen LogP contribution in [-0.2, 0) is 13.1 Å². The molecule has 2 N–H and O–H groups in total. The zero-order valence-electron chi connectivity index (χ0n) is 16.7. The van der Waals surface area contributed by atoms with E-state index in [1.165, 1.54) is 13.2 Å². The summed E-state index contributed by atoms with van der Waals surface area (Å²) in [5, 5.41) is 16.9. The third-order valence-corrected chi connectivity index (χ3v) is 4.39. The second-order valence-electron chi connectivity index (χ2n) is 6.27. The second kappa shape index (κ2) is 9.65. The van der Waals surface area contributed by atoms with E-state index in [1.807, 2.05) is 0 Å². The number of methoxy groups -OCH3 is 2. The third kappa shape index (κ3) is 5.13. The SMILES string of the molecule is COc1ccc(CNc2ncc([N+](=O)[O-])c(NCc3c(F)cccc3F)n2)c(OC)c1. The van der Waals surface area contributed by atoms with Crippen molar-refractivity contribution in [2.75, 3.05) is 24.9 Å². The first-order chi connectivity index (χ1) is 14.9. The van der Waals surface area contributed by atoms with E-state index in [0.29, 0.717) is 11.5 Å². The molecular formula is C20H19F2N5O4. The van der Waals surface area contributed by atoms with E-state index in [0.717, 1.165) is 23.9 Å². The number of nitrogens with one attached hydrogen (secondary N) is 2. The van der Waals surface area contributed by atoms with Crippen molar-refractivity contribution in [3.63, 3.8) is 0 Å². The van der Waals surface area contributed by atoms with Crippen LogP contribution in [0.3, 0.4) is 0 Å². The van der Waals surface area contributed by atoms with Gasteiger partial charge in [-0.3, -0.25) is 10.1 Å². The Hall–Kier alpha value is -4.02. The molecule has 0 radical (unpaired) electrons. The van der Waals surface area contributed by atoms with E-state index < -0.39 is 22.2 Å². The van der Waals surface area contributed by atoms with Crippen molar-refractivity contribution < 1.29 is 23.2 Å². The zero-order valence-corrected chi connectivity index (χ0v) is 16.7. The van der Waals surface area contributed by atoms with Crippen molar-refractivity contribution in [2.24, 2.45) is 0 Å². The fourth-order valence-corrected chi connectivity index (χ4v) is 2.77. The Morgan fingerprint density at radius 1 is 1.06 bits per heavy atom. The average molecular weight is 431 g/mol. The van der Waals surface area contributed by atoms with Gasteiger partial charge in [-0.25, -0.2) is 13.8 Å². The summed E-state index contributed by atoms with van der Waals surface area (Å²) >= 11 is 0. The molecule has 31 heavy (non-hydrogen) atoms. The quantitative estimate of drug-likeness (QED) is 0.388. The number of halogens is 2. The summed E-state index contributed by atoms with van der Waals surface area (Å²) in [4.78, 5) is 18.6. The lowest BCUT2D eigenvalue weighted by atomic mass is 10.2. The maximum absolute atomic E-state index is 13.8. The molecule has 9 nitrogen and oxygen atoms in total. The molecule has 162 valence electrons. The van der Waals surface area contributed by atoms with Gasteiger partial charge in [-0.2, -0.15) is 4.98 Å². The number of anilines is 2. The van der Waals surface area contributed by atoms with Crippen molar-refractivity contribution in [2.45, 2.75) is 13.1 Å². The van der Waals surface area contributed by atoms with Gasteiger partial charge < -0.3 is 20.1 Å². The lowest BCUT2D eigenvalue weighted by molar-refractivity contribution is -0.384. The van der Waals surface area contributed by atoms with Gasteiger partial charge in [0.1, 0.15) is 29.3 Å². The van der Waals surface area contributed by atoms with E-state index in [2.05, 4.69) is 20.6 Å². The van der Waals surface area contributed by atoms with Gasteiger partial charge in [0.2, 0.25) is 11.8 Å². The number of hydrogen-bond acceptors (Lipinski definition) is 8. The lowest BCUT2D eigenvalue weighted by Gasteiger charge is -2.12. The number of hydrogen-bond donors (Lipinski definition) is 2. The molecule has 2 aromatic carbocycles. The van der Waals surface area contributed by atoms with Crippen molar-refractivity contribution >= 4 is 17.5 Å². The van der Waals surface area contributed by atoms with E-state index in [9.17, 15) is 18.9 Å². The van der Waals surface area contributed by atoms with Gasteiger partial charge >= 0.3 is 5.69 Å². The maximum atomic E-state index is 13.8. The van der Waals surface area contributed by atoms with Gasteiger partial charge in [-0.1, -0.05) is 6.07 Å². The zero-order chi connectivity index (χ0) is 22.4. The molecule has 3 rings (SSSR count). The van der Waals surface area contributed by atoms with Crippen molar-refractivity contribution in [3.05, 3.63) is 75.5 Å². The van der Waals surface area contributed by atoms with Gasteiger partial charge in [0.05, 0.1) is 19.1 Å². The fourth-order valence-electron chi connectivity index (χ4n) is 2.77. The molecule has 0 atom stereocenters. The highest BCUT2D eigenvalue weighted by Gasteiger charge is 2.19. The highest BCUT2D eigenvalue weighted by atomic mass is 19.1. The highest BCUT2D eigenvalue weighted by Crippen LogP contribution is 2.27. The molecule has 1 aromatic heterocycles. The van der Waals surface area contributed by atoms with E-state index in [4.69, 9.17) is 9.47 Å². The Morgan fingerprint density at radius 3 is 2.45 bits per heavy atom. The third-order valence-electron chi connectivity index (χ3n) is 4.39. The van der Waals surface area contributed by atoms with Gasteiger partial charge in [0, 0.05) is 30.3 Å². The smallest absolute Gasteiger partial charge is 0.329 e. The maximum Gasteiger partial charge on any atom is 0.329 e. The fraction of sp³-hybridized carbons (Fsp3) is 0.200. The Bertz CT molecular complexity index is 1080. The molecule has 0 fully saturated rings. The van der Waals surface area contributed by atoms with Gasteiger partial charge in [0.25, 0.3) is 0 Å². The molecule has 0 unspecified atom stereocenters. The average Bonchev–Trinajstić information content (AvgIpc) is 2.77. The van der Waals surface area contributed by atoms with Crippen molar-refractivity contribution in [1.29, 1.82) is 0 Å². The minimum Gasteiger partial charge on any atom is -0.497 e. The summed E-state index contributed by atoms with van der Waals surface area (Å²) in [5.41, 5.74) is 0.0883. The largest absolute Gasteiger partial charge is 0.497 e. The van der Waals surface area contributed by atoms with Crippen LogP contribution >= 0.6 is 0 Å². The predicted molar refractivity (Wildman–Crippen MR) is 109 cm³/mol. The van der Waals surface area contributed by atoms with Gasteiger partial charge in [-0.05, 0) is 24.3 Å². The first-order valence-electron chi connectivity index (χ1n) is 9.06. The van der Waals surface area contributed by atoms with Crippen LogP contribution in [0, 0.1) is 21.7 Å². The number of ether oxygens (including phenoxy) is 2. The van der Waals surface area contributed by atoms with Crippen LogP contribution in [0.1, 0.15) is 11.1 Å². The lowest BCUT2D eigenvalue weighted by Crippen LogP contribution is -2.11. The molecule has 0 saturated carbocycles. The molecule has 0 bridgehead atoms. The summed E-state index contributed by atoms with van der Waals surface area (Å²) in [7, 11) is 3.06. The number of nitro groups is 1. The summed E-state index contributed by atoms with van der Waals surface area (Å²) in [6.45, 7) is -0.0749. The number of aromatic nitrogens is 2. The number of nitrogens with zero attached hydrogens (tertiary/aromatic N) is 3. The summed E-state index contributed by atoms with van der Waals surface area (Å²) in [6, 6.07) is 8.69. The molecule has 0 saturated heterocycles. The summed E-state index contributed by atoms with van der Waals surface area (Å²) < 4.78 is 38.2. The monoisotopic (exact) mass is 431 g/mol. The molecule has 0 aliphatic heterocycles. The van der Waals surface area contributed by atoms with Gasteiger partial charge in [0.15, 0.2) is 0 Å². The van der Waals surface area contributed by atoms with Crippen LogP contribution in [-0.4, -0.2) is 29.1 Å². The Balaban J connectivity index is 1.79. The standard InChI is InChI=1S/C20H19F2N5O4/c1-30-13-7-6-12(18(8-13)31-2)9-24-20-25-11-17(27(28)29)19(26-20)23-10-14-15(21)4-3-5-16(14)22/h3-8,11H,9-10H2,1-2H3,(H2,23,24,25,26). The first kappa shape index (κ1) is 21.7. The second-order valence-corrected chi connectivity index (χ2v) is 6.27. The Morgan fingerprint density at radius 2 is 1.81 bits per heavy atom. The molecule has 0 aliphatic rings. The van der Waals surface area contributed by atoms with Crippen LogP contribution < -0.4 is 20.1 Å². The Labute approximate surface area is 176 Å². The van der Waals surface area contributed by atoms with Crippen LogP contribution in [0.15, 0.2) is 42.6 Å². The molecule has 3 aromatic rings. The predicted octanol–water partition coefficient (Wildman–Crippen LogP) is 3.90. The first-order valence-corrected chi connectivity index (χ1v) is 9.06. The van der Waals surface area contributed by atoms with Crippen LogP contribution in [0.2, 0.25) is 0 Å². The van der Waals surface area contributed by atoms with E-state index in [1.54, 1.807) is 25.3 Å². The highest BCUT2D eigenvalue weighted by molar-refractivity contribution is 5.57. The van der Waals surface area contributed by atoms with Crippen molar-refractivity contribution in [3.8, 4) is 11.5 Å². The van der Waals surface area contributed by atoms with Crippen LogP contribution in [0.4, 0.5) is 26.2 Å². The van der Waals surface area contributed by atoms with E-state index in [-0.39, 0.29) is 30.4 Å². The van der Waals surface area contributed by atoms with Crippen LogP contribution in [0.5, 0.6) is 11.5 Å². The molecule has 11 heteroatoms. The van der Waals surface area contributed by atoms with Crippen molar-refractivity contribution in [1.82, 2.24) is 9.97 Å². The molecule has 0 aliphatic carbocycles. The Kier molecular flexibility index (Phi) is 6.75. The van der Waals surface area contributed by atoms with Gasteiger partial charge in [-0.15, -0.1) is 0 Å². The molecule has 0 spiro atoms. The number of rotatable bonds is 9. The minimum absolute atomic E-state index is 0.0833. The summed E-state index contributed by atoms with van der Waals surface area (Å²) in [6.07, 6.45) is 1.01. The molecule has 0 amide bonds. The number of benzene rings is 2. The topological polar surface area (TPSA) is 111 Å². The molecule has 1 heterocycles. The van der Waals surface area contributed by atoms with Crippen LogP contribution in [0.25, 0.3) is 0 Å². The minimum atomic E-state index is -0.769. The van der Waals surface area contributed by atoms with E-state index >= 15 is 0 Å². The normalized spacial score (nSPS) is 10.5. The summed E-state index contributed by atoms with van der Waals surface area (Å²) in [5.74, 6) is -0.434. The molecular weight excluding hydrogens is 412 g/mol.